The number of piperazine rings is 1. The number of aliphatic carboxylic acids is 1. The molecule has 5 rings (SSSR count). The molecule has 7 nitrogen and oxygen atoms in total. The Balaban J connectivity index is 1.34. The second-order valence-corrected chi connectivity index (χ2v) is 13.3. The predicted molar refractivity (Wildman–Crippen MR) is 181 cm³/mol. The van der Waals surface area contributed by atoms with Crippen molar-refractivity contribution in [2.75, 3.05) is 44.3 Å². The summed E-state index contributed by atoms with van der Waals surface area (Å²) < 4.78 is 51.0. The van der Waals surface area contributed by atoms with Crippen LogP contribution in [-0.4, -0.2) is 60.4 Å². The Bertz CT molecular complexity index is 1640. The van der Waals surface area contributed by atoms with Crippen molar-refractivity contribution in [1.82, 2.24) is 9.88 Å². The Kier molecular flexibility index (Phi) is 11.7. The number of halogens is 3. The number of carbonyl (C=O) groups is 1. The molecule has 0 bridgehead atoms. The molecule has 3 aromatic carbocycles. The number of nitrogens with zero attached hydrogens (tertiary/aromatic N) is 3. The van der Waals surface area contributed by atoms with Gasteiger partial charge in [-0.1, -0.05) is 37.6 Å². The van der Waals surface area contributed by atoms with Crippen LogP contribution in [0.2, 0.25) is 0 Å². The molecule has 1 saturated heterocycles. The Morgan fingerprint density at radius 1 is 0.979 bits per heavy atom. The average molecular weight is 686 g/mol. The highest BCUT2D eigenvalue weighted by molar-refractivity contribution is 7.98. The van der Waals surface area contributed by atoms with Crippen molar-refractivity contribution >= 4 is 34.8 Å². The molecule has 47 heavy (non-hydrogen) atoms. The molecular weight excluding hydrogens is 648 g/mol. The van der Waals surface area contributed by atoms with Crippen LogP contribution in [0.4, 0.5) is 18.9 Å². The van der Waals surface area contributed by atoms with Crippen LogP contribution in [0.15, 0.2) is 71.6 Å². The third-order valence-corrected chi connectivity index (χ3v) is 10.1. The number of aryl methyl sites for hydroxylation is 1. The van der Waals surface area contributed by atoms with E-state index in [1.165, 1.54) is 23.5 Å². The maximum atomic E-state index is 13.2. The molecule has 12 heteroatoms. The van der Waals surface area contributed by atoms with Gasteiger partial charge in [-0.15, -0.1) is 23.1 Å². The average Bonchev–Trinajstić information content (AvgIpc) is 3.46. The van der Waals surface area contributed by atoms with Gasteiger partial charge in [0.2, 0.25) is 0 Å². The van der Waals surface area contributed by atoms with E-state index in [-0.39, 0.29) is 0 Å². The van der Waals surface area contributed by atoms with Crippen LogP contribution in [0.3, 0.4) is 0 Å². The van der Waals surface area contributed by atoms with Gasteiger partial charge < -0.3 is 19.5 Å². The Morgan fingerprint density at radius 3 is 2.40 bits per heavy atom. The maximum absolute atomic E-state index is 13.2. The van der Waals surface area contributed by atoms with Crippen LogP contribution in [0.1, 0.15) is 42.0 Å². The van der Waals surface area contributed by atoms with Gasteiger partial charge in [0.1, 0.15) is 16.5 Å². The number of rotatable bonds is 14. The molecule has 1 fully saturated rings. The third-order valence-electron chi connectivity index (χ3n) is 7.76. The van der Waals surface area contributed by atoms with E-state index in [0.29, 0.717) is 35.2 Å². The van der Waals surface area contributed by atoms with Crippen LogP contribution in [0, 0.1) is 0 Å². The Labute approximate surface area is 281 Å². The lowest BCUT2D eigenvalue weighted by Crippen LogP contribution is -2.46. The number of para-hydroxylation sites is 2. The van der Waals surface area contributed by atoms with E-state index in [9.17, 15) is 18.0 Å². The minimum Gasteiger partial charge on any atom is -0.492 e. The number of carboxylic acid groups (broad SMARTS) is 1. The van der Waals surface area contributed by atoms with Gasteiger partial charge in [-0.05, 0) is 61.4 Å². The van der Waals surface area contributed by atoms with Crippen molar-refractivity contribution in [3.05, 3.63) is 88.4 Å². The van der Waals surface area contributed by atoms with E-state index in [0.717, 1.165) is 83.6 Å². The summed E-state index contributed by atoms with van der Waals surface area (Å²) in [5.74, 6) is 1.07. The number of thioether (sulfide) groups is 1. The second-order valence-electron chi connectivity index (χ2n) is 11.1. The van der Waals surface area contributed by atoms with Gasteiger partial charge in [0, 0.05) is 53.8 Å². The molecule has 4 aromatic rings. The minimum atomic E-state index is -4.40. The molecule has 0 atom stereocenters. The van der Waals surface area contributed by atoms with Crippen LogP contribution in [0.5, 0.6) is 11.5 Å². The van der Waals surface area contributed by atoms with E-state index >= 15 is 0 Å². The molecular formula is C35H38F3N3O4S2. The standard InChI is InChI=1S/C35H38F3N3O4S2/c1-3-7-25-20-27(14-15-30(25)45-22-33(42)43)46-23-32-28(39-34(47-32)24-10-12-26(13-11-24)35(36,37)38)21-40-16-18-41(19-17-40)29-8-5-6-9-31(29)44-4-2/h5-6,8-15,20H,3-4,7,16-19,21-23H2,1-2H3,(H,42,43). The number of benzene rings is 3. The van der Waals surface area contributed by atoms with E-state index in [2.05, 4.69) is 22.8 Å². The van der Waals surface area contributed by atoms with Gasteiger partial charge in [-0.3, -0.25) is 4.90 Å². The first-order valence-corrected chi connectivity index (χ1v) is 17.4. The molecule has 2 heterocycles. The normalized spacial score (nSPS) is 13.9. The zero-order chi connectivity index (χ0) is 33.4. The smallest absolute Gasteiger partial charge is 0.416 e. The Morgan fingerprint density at radius 2 is 1.72 bits per heavy atom. The highest BCUT2D eigenvalue weighted by Gasteiger charge is 2.30. The topological polar surface area (TPSA) is 75.1 Å². The van der Waals surface area contributed by atoms with Crippen molar-refractivity contribution in [1.29, 1.82) is 0 Å². The van der Waals surface area contributed by atoms with Gasteiger partial charge in [-0.25, -0.2) is 9.78 Å². The quantitative estimate of drug-likeness (QED) is 0.133. The zero-order valence-corrected chi connectivity index (χ0v) is 28.0. The van der Waals surface area contributed by atoms with Crippen LogP contribution in [0.25, 0.3) is 10.6 Å². The fourth-order valence-electron chi connectivity index (χ4n) is 5.44. The maximum Gasteiger partial charge on any atom is 0.416 e. The molecule has 0 radical (unpaired) electrons. The summed E-state index contributed by atoms with van der Waals surface area (Å²) in [5.41, 5.74) is 2.94. The lowest BCUT2D eigenvalue weighted by Gasteiger charge is -2.36. The molecule has 1 aliphatic rings. The highest BCUT2D eigenvalue weighted by Crippen LogP contribution is 2.37. The minimum absolute atomic E-state index is 0.395. The van der Waals surface area contributed by atoms with E-state index in [4.69, 9.17) is 19.6 Å². The summed E-state index contributed by atoms with van der Waals surface area (Å²) in [7, 11) is 0. The highest BCUT2D eigenvalue weighted by atomic mass is 32.2. The van der Waals surface area contributed by atoms with Gasteiger partial charge in [0.15, 0.2) is 6.61 Å². The van der Waals surface area contributed by atoms with Crippen molar-refractivity contribution < 1.29 is 32.5 Å². The molecule has 0 amide bonds. The van der Waals surface area contributed by atoms with Crippen molar-refractivity contribution in [2.45, 2.75) is 50.1 Å². The summed E-state index contributed by atoms with van der Waals surface area (Å²) in [6.07, 6.45) is -2.75. The molecule has 0 saturated carbocycles. The molecule has 1 aromatic heterocycles. The van der Waals surface area contributed by atoms with Gasteiger partial charge >= 0.3 is 12.1 Å². The van der Waals surface area contributed by atoms with Crippen LogP contribution in [-0.2, 0) is 29.7 Å². The first-order chi connectivity index (χ1) is 22.6. The lowest BCUT2D eigenvalue weighted by atomic mass is 10.1. The lowest BCUT2D eigenvalue weighted by molar-refractivity contribution is -0.139. The summed E-state index contributed by atoms with van der Waals surface area (Å²) in [6, 6.07) is 19.1. The number of thiazole rings is 1. The SMILES string of the molecule is CCCc1cc(SCc2sc(-c3ccc(C(F)(F)F)cc3)nc2CN2CCN(c3ccccc3OCC)CC2)ccc1OCC(=O)O. The van der Waals surface area contributed by atoms with Gasteiger partial charge in [-0.2, -0.15) is 13.2 Å². The van der Waals surface area contributed by atoms with E-state index in [1.807, 2.05) is 43.3 Å². The number of hydrogen-bond donors (Lipinski definition) is 1. The summed E-state index contributed by atoms with van der Waals surface area (Å²) in [4.78, 5) is 22.8. The molecule has 0 aliphatic carbocycles. The fraction of sp³-hybridized carbons (Fsp3) is 0.371. The first-order valence-electron chi connectivity index (χ1n) is 15.6. The zero-order valence-electron chi connectivity index (χ0n) is 26.4. The number of ether oxygens (including phenoxy) is 2. The number of alkyl halides is 3. The summed E-state index contributed by atoms with van der Waals surface area (Å²) in [6.45, 7) is 8.21. The number of carboxylic acids is 1. The Hall–Kier alpha value is -3.74. The monoisotopic (exact) mass is 685 g/mol. The number of aromatic nitrogens is 1. The van der Waals surface area contributed by atoms with Crippen molar-refractivity contribution in [3.8, 4) is 22.1 Å². The van der Waals surface area contributed by atoms with Crippen molar-refractivity contribution in [3.63, 3.8) is 0 Å². The fourth-order valence-corrected chi connectivity index (χ4v) is 7.58. The van der Waals surface area contributed by atoms with Gasteiger partial charge in [0.05, 0.1) is 23.6 Å². The molecule has 0 unspecified atom stereocenters. The van der Waals surface area contributed by atoms with Crippen LogP contribution >= 0.6 is 23.1 Å². The predicted octanol–water partition coefficient (Wildman–Crippen LogP) is 8.26. The third kappa shape index (κ3) is 9.21. The summed E-state index contributed by atoms with van der Waals surface area (Å²) in [5, 5.41) is 9.73. The van der Waals surface area contributed by atoms with Gasteiger partial charge in [0.25, 0.3) is 0 Å². The summed E-state index contributed by atoms with van der Waals surface area (Å²) >= 11 is 3.16. The number of anilines is 1. The molecule has 250 valence electrons. The second kappa shape index (κ2) is 15.9. The molecule has 0 spiro atoms. The van der Waals surface area contributed by atoms with Crippen LogP contribution < -0.4 is 14.4 Å². The number of hydrogen-bond acceptors (Lipinski definition) is 8. The van der Waals surface area contributed by atoms with E-state index in [1.54, 1.807) is 11.8 Å². The molecule has 1 aliphatic heterocycles. The first kappa shape index (κ1) is 34.6. The largest absolute Gasteiger partial charge is 0.492 e. The molecule has 1 N–H and O–H groups in total. The van der Waals surface area contributed by atoms with E-state index < -0.39 is 24.3 Å². The van der Waals surface area contributed by atoms with Crippen molar-refractivity contribution in [2.24, 2.45) is 0 Å².